The number of hydrogen-bond donors (Lipinski definition) is 2. The van der Waals surface area contributed by atoms with E-state index in [0.29, 0.717) is 11.4 Å². The van der Waals surface area contributed by atoms with Gasteiger partial charge in [0.1, 0.15) is 11.5 Å². The Morgan fingerprint density at radius 2 is 1.89 bits per heavy atom. The summed E-state index contributed by atoms with van der Waals surface area (Å²) in [5.74, 6) is 0.723. The molecule has 1 amide bonds. The largest absolute Gasteiger partial charge is 0.457 e. The van der Waals surface area contributed by atoms with Crippen LogP contribution in [0.5, 0.6) is 11.5 Å². The minimum Gasteiger partial charge on any atom is -0.457 e. The predicted octanol–water partition coefficient (Wildman–Crippen LogP) is 2.78. The van der Waals surface area contributed by atoms with Crippen LogP contribution in [0.4, 0.5) is 5.69 Å². The van der Waals surface area contributed by atoms with Gasteiger partial charge in [-0.05, 0) is 49.2 Å². The average molecular weight is 256 g/mol. The third-order valence-electron chi connectivity index (χ3n) is 3.07. The second-order valence-electron chi connectivity index (χ2n) is 4.41. The zero-order valence-electron chi connectivity index (χ0n) is 10.9. The highest BCUT2D eigenvalue weighted by molar-refractivity contribution is 5.98. The smallest absolute Gasteiger partial charge is 0.250 e. The van der Waals surface area contributed by atoms with Crippen LogP contribution in [0.1, 0.15) is 21.5 Å². The van der Waals surface area contributed by atoms with Gasteiger partial charge in [-0.2, -0.15) is 0 Å². The first-order chi connectivity index (χ1) is 8.99. The zero-order valence-corrected chi connectivity index (χ0v) is 10.9. The second kappa shape index (κ2) is 5.02. The molecular weight excluding hydrogens is 240 g/mol. The van der Waals surface area contributed by atoms with Crippen LogP contribution < -0.4 is 16.2 Å². The Morgan fingerprint density at radius 3 is 2.58 bits per heavy atom. The molecule has 4 N–H and O–H groups in total. The Hall–Kier alpha value is -2.49. The molecule has 0 unspecified atom stereocenters. The van der Waals surface area contributed by atoms with Gasteiger partial charge in [0.25, 0.3) is 5.91 Å². The number of nitrogens with two attached hydrogens (primary N) is 2. The van der Waals surface area contributed by atoms with Crippen LogP contribution in [0, 0.1) is 13.8 Å². The SMILES string of the molecule is Cc1cccc(Oc2ccc(N)c(C(N)=O)c2)c1C. The molecule has 0 aromatic heterocycles. The van der Waals surface area contributed by atoms with Crippen LogP contribution in [-0.2, 0) is 0 Å². The quantitative estimate of drug-likeness (QED) is 0.829. The van der Waals surface area contributed by atoms with Crippen LogP contribution >= 0.6 is 0 Å². The van der Waals surface area contributed by atoms with Gasteiger partial charge in [0.2, 0.25) is 0 Å². The number of anilines is 1. The molecule has 0 bridgehead atoms. The van der Waals surface area contributed by atoms with Gasteiger partial charge in [-0.1, -0.05) is 12.1 Å². The molecule has 0 fully saturated rings. The lowest BCUT2D eigenvalue weighted by molar-refractivity contribution is 0.100. The molecule has 2 aromatic carbocycles. The van der Waals surface area contributed by atoms with Crippen LogP contribution in [0.15, 0.2) is 36.4 Å². The molecule has 0 saturated heterocycles. The molecule has 0 heterocycles. The summed E-state index contributed by atoms with van der Waals surface area (Å²) >= 11 is 0. The standard InChI is InChI=1S/C15H16N2O2/c1-9-4-3-5-14(10(9)2)19-11-6-7-13(16)12(8-11)15(17)18/h3-8H,16H2,1-2H3,(H2,17,18). The zero-order chi connectivity index (χ0) is 14.0. The Bertz CT molecular complexity index is 636. The molecule has 0 atom stereocenters. The summed E-state index contributed by atoms with van der Waals surface area (Å²) in [6.07, 6.45) is 0. The second-order valence-corrected chi connectivity index (χ2v) is 4.41. The minimum absolute atomic E-state index is 0.266. The van der Waals surface area contributed by atoms with Gasteiger partial charge in [0.05, 0.1) is 5.56 Å². The van der Waals surface area contributed by atoms with E-state index in [9.17, 15) is 4.79 Å². The first-order valence-electron chi connectivity index (χ1n) is 5.92. The van der Waals surface area contributed by atoms with Crippen molar-refractivity contribution in [2.75, 3.05) is 5.73 Å². The van der Waals surface area contributed by atoms with E-state index in [2.05, 4.69) is 0 Å². The Kier molecular flexibility index (Phi) is 3.42. The highest BCUT2D eigenvalue weighted by Crippen LogP contribution is 2.28. The van der Waals surface area contributed by atoms with Crippen molar-refractivity contribution < 1.29 is 9.53 Å². The van der Waals surface area contributed by atoms with Crippen molar-refractivity contribution in [2.45, 2.75) is 13.8 Å². The third kappa shape index (κ3) is 2.68. The van der Waals surface area contributed by atoms with E-state index >= 15 is 0 Å². The number of aryl methyl sites for hydroxylation is 1. The highest BCUT2D eigenvalue weighted by atomic mass is 16.5. The van der Waals surface area contributed by atoms with Crippen molar-refractivity contribution in [3.63, 3.8) is 0 Å². The number of hydrogen-bond acceptors (Lipinski definition) is 3. The van der Waals surface area contributed by atoms with E-state index < -0.39 is 5.91 Å². The summed E-state index contributed by atoms with van der Waals surface area (Å²) in [5, 5.41) is 0. The van der Waals surface area contributed by atoms with Crippen LogP contribution in [-0.4, -0.2) is 5.91 Å². The first-order valence-corrected chi connectivity index (χ1v) is 5.92. The molecule has 2 aromatic rings. The average Bonchev–Trinajstić information content (AvgIpc) is 2.37. The molecule has 0 radical (unpaired) electrons. The molecule has 0 spiro atoms. The van der Waals surface area contributed by atoms with E-state index in [-0.39, 0.29) is 5.56 Å². The fraction of sp³-hybridized carbons (Fsp3) is 0.133. The lowest BCUT2D eigenvalue weighted by Crippen LogP contribution is -2.13. The Balaban J connectivity index is 2.36. The molecule has 0 aliphatic rings. The lowest BCUT2D eigenvalue weighted by atomic mass is 10.1. The number of rotatable bonds is 3. The maximum absolute atomic E-state index is 11.2. The van der Waals surface area contributed by atoms with Crippen molar-refractivity contribution >= 4 is 11.6 Å². The minimum atomic E-state index is -0.566. The molecule has 2 rings (SSSR count). The number of nitrogen functional groups attached to an aromatic ring is 1. The Labute approximate surface area is 112 Å². The maximum atomic E-state index is 11.2. The molecule has 4 nitrogen and oxygen atoms in total. The van der Waals surface area contributed by atoms with Gasteiger partial charge in [0.15, 0.2) is 0 Å². The van der Waals surface area contributed by atoms with Crippen molar-refractivity contribution in [3.05, 3.63) is 53.1 Å². The van der Waals surface area contributed by atoms with Crippen molar-refractivity contribution in [3.8, 4) is 11.5 Å². The predicted molar refractivity (Wildman–Crippen MR) is 75.4 cm³/mol. The lowest BCUT2D eigenvalue weighted by Gasteiger charge is -2.11. The van der Waals surface area contributed by atoms with E-state index in [4.69, 9.17) is 16.2 Å². The van der Waals surface area contributed by atoms with Crippen LogP contribution in [0.3, 0.4) is 0 Å². The normalized spacial score (nSPS) is 10.2. The summed E-state index contributed by atoms with van der Waals surface area (Å²) in [7, 11) is 0. The van der Waals surface area contributed by atoms with Crippen molar-refractivity contribution in [1.29, 1.82) is 0 Å². The molecule has 0 aliphatic heterocycles. The van der Waals surface area contributed by atoms with Gasteiger partial charge < -0.3 is 16.2 Å². The van der Waals surface area contributed by atoms with E-state index in [1.165, 1.54) is 0 Å². The highest BCUT2D eigenvalue weighted by Gasteiger charge is 2.09. The summed E-state index contributed by atoms with van der Waals surface area (Å²) in [5.41, 5.74) is 13.7. The summed E-state index contributed by atoms with van der Waals surface area (Å²) in [6.45, 7) is 4.00. The van der Waals surface area contributed by atoms with E-state index in [0.717, 1.165) is 16.9 Å². The number of ether oxygens (including phenoxy) is 1. The fourth-order valence-corrected chi connectivity index (χ4v) is 1.77. The number of carbonyl (C=O) groups is 1. The molecule has 19 heavy (non-hydrogen) atoms. The molecule has 0 aliphatic carbocycles. The van der Waals surface area contributed by atoms with Crippen molar-refractivity contribution in [2.24, 2.45) is 5.73 Å². The van der Waals surface area contributed by atoms with E-state index in [1.54, 1.807) is 18.2 Å². The molecule has 98 valence electrons. The number of carbonyl (C=O) groups excluding carboxylic acids is 1. The van der Waals surface area contributed by atoms with Gasteiger partial charge >= 0.3 is 0 Å². The van der Waals surface area contributed by atoms with Crippen LogP contribution in [0.2, 0.25) is 0 Å². The van der Waals surface area contributed by atoms with Gasteiger partial charge in [0, 0.05) is 5.69 Å². The first kappa shape index (κ1) is 13.0. The number of amides is 1. The topological polar surface area (TPSA) is 78.3 Å². The van der Waals surface area contributed by atoms with Gasteiger partial charge in [-0.3, -0.25) is 4.79 Å². The summed E-state index contributed by atoms with van der Waals surface area (Å²) in [6, 6.07) is 10.7. The third-order valence-corrected chi connectivity index (χ3v) is 3.07. The van der Waals surface area contributed by atoms with Crippen LogP contribution in [0.25, 0.3) is 0 Å². The monoisotopic (exact) mass is 256 g/mol. The molecule has 4 heteroatoms. The van der Waals surface area contributed by atoms with Gasteiger partial charge in [-0.25, -0.2) is 0 Å². The fourth-order valence-electron chi connectivity index (χ4n) is 1.77. The van der Waals surface area contributed by atoms with Gasteiger partial charge in [-0.15, -0.1) is 0 Å². The summed E-state index contributed by atoms with van der Waals surface area (Å²) < 4.78 is 5.77. The molecule has 0 saturated carbocycles. The maximum Gasteiger partial charge on any atom is 0.250 e. The summed E-state index contributed by atoms with van der Waals surface area (Å²) in [4.78, 5) is 11.2. The molecular formula is C15H16N2O2. The van der Waals surface area contributed by atoms with E-state index in [1.807, 2.05) is 32.0 Å². The number of primary amides is 1. The Morgan fingerprint density at radius 1 is 1.16 bits per heavy atom. The van der Waals surface area contributed by atoms with Crippen molar-refractivity contribution in [1.82, 2.24) is 0 Å². The number of benzene rings is 2.